The Hall–Kier alpha value is -1.46. The number of anilines is 1. The van der Waals surface area contributed by atoms with E-state index < -0.39 is 0 Å². The highest BCUT2D eigenvalue weighted by molar-refractivity contribution is 9.10. The lowest BCUT2D eigenvalue weighted by Gasteiger charge is -2.28. The van der Waals surface area contributed by atoms with Crippen LogP contribution in [0, 0.1) is 5.82 Å². The number of piperazine rings is 1. The van der Waals surface area contributed by atoms with Crippen LogP contribution in [0.5, 0.6) is 0 Å². The number of hydrogen-bond donors (Lipinski definition) is 1. The molecule has 110 valence electrons. The van der Waals surface area contributed by atoms with Crippen molar-refractivity contribution in [1.82, 2.24) is 0 Å². The van der Waals surface area contributed by atoms with Gasteiger partial charge in [0.2, 0.25) is 0 Å². The van der Waals surface area contributed by atoms with Crippen molar-refractivity contribution in [2.24, 2.45) is 0 Å². The first kappa shape index (κ1) is 14.5. The molecule has 0 unspecified atom stereocenters. The van der Waals surface area contributed by atoms with E-state index in [1.165, 1.54) is 17.4 Å². The van der Waals surface area contributed by atoms with Crippen molar-refractivity contribution >= 4 is 21.7 Å². The molecule has 0 atom stereocenters. The van der Waals surface area contributed by atoms with Gasteiger partial charge in [0, 0.05) is 11.6 Å². The van der Waals surface area contributed by atoms with E-state index in [1.54, 1.807) is 4.90 Å². The molecule has 1 aromatic heterocycles. The number of rotatable bonds is 3. The molecule has 1 aliphatic rings. The molecule has 0 bridgehead atoms. The highest BCUT2D eigenvalue weighted by Crippen LogP contribution is 2.16. The predicted octanol–water partition coefficient (Wildman–Crippen LogP) is 1.31. The summed E-state index contributed by atoms with van der Waals surface area (Å²) in [6.45, 7) is 5.22. The smallest absolute Gasteiger partial charge is 0.274 e. The van der Waals surface area contributed by atoms with Gasteiger partial charge in [0.05, 0.1) is 10.7 Å². The summed E-state index contributed by atoms with van der Waals surface area (Å²) in [5.74, 6) is 0.985. The lowest BCUT2D eigenvalue weighted by Crippen LogP contribution is -3.13. The molecule has 3 nitrogen and oxygen atoms in total. The van der Waals surface area contributed by atoms with E-state index in [-0.39, 0.29) is 5.82 Å². The van der Waals surface area contributed by atoms with E-state index in [2.05, 4.69) is 37.9 Å². The van der Waals surface area contributed by atoms with Gasteiger partial charge in [-0.05, 0) is 34.1 Å². The maximum atomic E-state index is 13.3. The molecular formula is C16H19BrFN3+2. The fourth-order valence-electron chi connectivity index (χ4n) is 2.76. The summed E-state index contributed by atoms with van der Waals surface area (Å²) in [5.41, 5.74) is 1.18. The summed E-state index contributed by atoms with van der Waals surface area (Å²) in [5, 5.41) is 0. The Balaban J connectivity index is 1.57. The third kappa shape index (κ3) is 3.60. The monoisotopic (exact) mass is 351 g/mol. The minimum atomic E-state index is -0.196. The van der Waals surface area contributed by atoms with Crippen LogP contribution in [0.15, 0.2) is 47.1 Å². The summed E-state index contributed by atoms with van der Waals surface area (Å²) in [7, 11) is 0. The SMILES string of the molecule is Fc1ccc(C[NH+]2CCN(c3cccc[nH+]3)CC2)cc1Br. The van der Waals surface area contributed by atoms with Crippen molar-refractivity contribution in [3.8, 4) is 0 Å². The number of quaternary nitrogens is 1. The van der Waals surface area contributed by atoms with Crippen molar-refractivity contribution in [3.05, 3.63) is 58.4 Å². The van der Waals surface area contributed by atoms with E-state index in [0.29, 0.717) is 4.47 Å². The van der Waals surface area contributed by atoms with Gasteiger partial charge in [-0.1, -0.05) is 12.1 Å². The number of halogens is 2. The predicted molar refractivity (Wildman–Crippen MR) is 83.7 cm³/mol. The molecule has 0 amide bonds. The topological polar surface area (TPSA) is 21.8 Å². The standard InChI is InChI=1S/C16H17BrFN3/c17-14-11-13(4-5-15(14)18)12-20-7-9-21(10-8-20)16-3-1-2-6-19-16/h1-6,11H,7-10,12H2/p+2. The Labute approximate surface area is 132 Å². The number of nitrogens with zero attached hydrogens (tertiary/aromatic N) is 1. The zero-order valence-electron chi connectivity index (χ0n) is 11.8. The maximum Gasteiger partial charge on any atom is 0.274 e. The first-order valence-electron chi connectivity index (χ1n) is 7.21. The average Bonchev–Trinajstić information content (AvgIpc) is 2.53. The van der Waals surface area contributed by atoms with Gasteiger partial charge in [-0.3, -0.25) is 4.90 Å². The van der Waals surface area contributed by atoms with Crippen molar-refractivity contribution in [1.29, 1.82) is 0 Å². The second-order valence-electron chi connectivity index (χ2n) is 5.41. The fourth-order valence-corrected chi connectivity index (χ4v) is 3.19. The van der Waals surface area contributed by atoms with Crippen LogP contribution < -0.4 is 14.8 Å². The number of aromatic amines is 1. The third-order valence-electron chi connectivity index (χ3n) is 3.94. The zero-order chi connectivity index (χ0) is 14.7. The van der Waals surface area contributed by atoms with Gasteiger partial charge >= 0.3 is 0 Å². The highest BCUT2D eigenvalue weighted by Gasteiger charge is 2.25. The molecule has 2 heterocycles. The fraction of sp³-hybridized carbons (Fsp3) is 0.312. The zero-order valence-corrected chi connectivity index (χ0v) is 13.4. The van der Waals surface area contributed by atoms with Crippen molar-refractivity contribution in [2.75, 3.05) is 31.1 Å². The van der Waals surface area contributed by atoms with Crippen molar-refractivity contribution < 1.29 is 14.3 Å². The molecular weight excluding hydrogens is 333 g/mol. The Bertz CT molecular complexity index is 598. The molecule has 5 heteroatoms. The second kappa shape index (κ2) is 6.54. The third-order valence-corrected chi connectivity index (χ3v) is 4.55. The molecule has 0 spiro atoms. The number of pyridine rings is 1. The van der Waals surface area contributed by atoms with E-state index in [9.17, 15) is 4.39 Å². The number of H-pyrrole nitrogens is 1. The van der Waals surface area contributed by atoms with Crippen LogP contribution in [0.4, 0.5) is 10.2 Å². The Morgan fingerprint density at radius 3 is 2.67 bits per heavy atom. The van der Waals surface area contributed by atoms with E-state index >= 15 is 0 Å². The molecule has 3 rings (SSSR count). The molecule has 1 aromatic carbocycles. The number of aromatic nitrogens is 1. The molecule has 2 aromatic rings. The van der Waals surface area contributed by atoms with E-state index in [4.69, 9.17) is 0 Å². The first-order chi connectivity index (χ1) is 10.2. The van der Waals surface area contributed by atoms with Gasteiger partial charge < -0.3 is 4.90 Å². The van der Waals surface area contributed by atoms with Gasteiger partial charge in [0.25, 0.3) is 5.82 Å². The Kier molecular flexibility index (Phi) is 4.51. The summed E-state index contributed by atoms with van der Waals surface area (Å²) in [6.07, 6.45) is 1.96. The number of nitrogens with one attached hydrogen (secondary N) is 2. The molecule has 0 aliphatic carbocycles. The van der Waals surface area contributed by atoms with Crippen LogP contribution in [0.2, 0.25) is 0 Å². The molecule has 1 aliphatic heterocycles. The lowest BCUT2D eigenvalue weighted by atomic mass is 10.2. The van der Waals surface area contributed by atoms with Crippen molar-refractivity contribution in [2.45, 2.75) is 6.54 Å². The van der Waals surface area contributed by atoms with Gasteiger partial charge in [-0.25, -0.2) is 9.37 Å². The minimum absolute atomic E-state index is 0.196. The van der Waals surface area contributed by atoms with Gasteiger partial charge in [-0.15, -0.1) is 0 Å². The van der Waals surface area contributed by atoms with Crippen LogP contribution in [-0.4, -0.2) is 26.2 Å². The van der Waals surface area contributed by atoms with Crippen LogP contribution in [0.25, 0.3) is 0 Å². The first-order valence-corrected chi connectivity index (χ1v) is 8.01. The molecule has 2 N–H and O–H groups in total. The maximum absolute atomic E-state index is 13.3. The normalized spacial score (nSPS) is 16.2. The number of hydrogen-bond acceptors (Lipinski definition) is 1. The summed E-state index contributed by atoms with van der Waals surface area (Å²) >= 11 is 3.25. The van der Waals surface area contributed by atoms with Crippen LogP contribution in [-0.2, 0) is 6.54 Å². The second-order valence-corrected chi connectivity index (χ2v) is 6.26. The Morgan fingerprint density at radius 2 is 2.00 bits per heavy atom. The quantitative estimate of drug-likeness (QED) is 0.884. The summed E-state index contributed by atoms with van der Waals surface area (Å²) in [4.78, 5) is 7.21. The molecule has 0 radical (unpaired) electrons. The van der Waals surface area contributed by atoms with Crippen LogP contribution in [0.1, 0.15) is 5.56 Å². The Morgan fingerprint density at radius 1 is 1.19 bits per heavy atom. The van der Waals surface area contributed by atoms with Crippen LogP contribution >= 0.6 is 15.9 Å². The highest BCUT2D eigenvalue weighted by atomic mass is 79.9. The van der Waals surface area contributed by atoms with E-state index in [1.807, 2.05) is 24.4 Å². The molecule has 21 heavy (non-hydrogen) atoms. The van der Waals surface area contributed by atoms with Crippen molar-refractivity contribution in [3.63, 3.8) is 0 Å². The largest absolute Gasteiger partial charge is 0.325 e. The van der Waals surface area contributed by atoms with E-state index in [0.717, 1.165) is 32.7 Å². The molecule has 0 saturated carbocycles. The van der Waals surface area contributed by atoms with Gasteiger partial charge in [0.15, 0.2) is 0 Å². The summed E-state index contributed by atoms with van der Waals surface area (Å²) < 4.78 is 13.8. The van der Waals surface area contributed by atoms with Gasteiger partial charge in [-0.2, -0.15) is 0 Å². The van der Waals surface area contributed by atoms with Crippen LogP contribution in [0.3, 0.4) is 0 Å². The van der Waals surface area contributed by atoms with Gasteiger partial charge in [0.1, 0.15) is 38.5 Å². The molecule has 1 saturated heterocycles. The minimum Gasteiger partial charge on any atom is -0.325 e. The summed E-state index contributed by atoms with van der Waals surface area (Å²) in [6, 6.07) is 11.5. The average molecular weight is 352 g/mol. The molecule has 1 fully saturated rings. The lowest BCUT2D eigenvalue weighted by molar-refractivity contribution is -0.914. The number of benzene rings is 1.